The molecule has 0 N–H and O–H groups in total. The summed E-state index contributed by atoms with van der Waals surface area (Å²) < 4.78 is 18.4. The second-order valence-corrected chi connectivity index (χ2v) is 12.4. The van der Waals surface area contributed by atoms with Gasteiger partial charge < -0.3 is 0 Å². The summed E-state index contributed by atoms with van der Waals surface area (Å²) in [5, 5.41) is 2.46. The first-order chi connectivity index (χ1) is 19.9. The molecule has 2 nitrogen and oxygen atoms in total. The van der Waals surface area contributed by atoms with Crippen molar-refractivity contribution >= 4 is 42.5 Å². The molecule has 0 bridgehead atoms. The van der Waals surface area contributed by atoms with Gasteiger partial charge in [0, 0.05) is 25.7 Å². The highest BCUT2D eigenvalue weighted by Crippen LogP contribution is 2.43. The molecule has 7 rings (SSSR count). The lowest BCUT2D eigenvalue weighted by molar-refractivity contribution is 0.628. The molecular formula is C37H31FN2S. The number of hydrogen-bond donors (Lipinski definition) is 0. The van der Waals surface area contributed by atoms with Crippen LogP contribution in [-0.4, -0.2) is 9.55 Å². The Morgan fingerprint density at radius 3 is 2.10 bits per heavy atom. The van der Waals surface area contributed by atoms with E-state index in [0.29, 0.717) is 11.8 Å². The Morgan fingerprint density at radius 1 is 0.683 bits per heavy atom. The average Bonchev–Trinajstić information content (AvgIpc) is 3.55. The number of nitrogens with zero attached hydrogens (tertiary/aromatic N) is 2. The van der Waals surface area contributed by atoms with E-state index < -0.39 is 0 Å². The topological polar surface area (TPSA) is 17.8 Å². The van der Waals surface area contributed by atoms with Crippen LogP contribution in [0.25, 0.3) is 59.4 Å². The molecule has 0 aliphatic rings. The van der Waals surface area contributed by atoms with Crippen molar-refractivity contribution in [3.8, 4) is 28.2 Å². The molecule has 4 heteroatoms. The van der Waals surface area contributed by atoms with Gasteiger partial charge in [0.25, 0.3) is 0 Å². The molecular weight excluding hydrogens is 523 g/mol. The van der Waals surface area contributed by atoms with Gasteiger partial charge >= 0.3 is 0 Å². The summed E-state index contributed by atoms with van der Waals surface area (Å²) in [6.45, 7) is 9.08. The van der Waals surface area contributed by atoms with Gasteiger partial charge in [0.15, 0.2) is 0 Å². The third-order valence-corrected chi connectivity index (χ3v) is 9.25. The SMILES string of the molecule is CC(C)c1cccc(C(C)C)c1-n1c(-c2cccc3c2sc2cc(-c4ccc(F)cc4)ccc23)nc2ccccc21. The third-order valence-electron chi connectivity index (χ3n) is 8.04. The van der Waals surface area contributed by atoms with Crippen molar-refractivity contribution in [2.75, 3.05) is 0 Å². The van der Waals surface area contributed by atoms with Crippen molar-refractivity contribution in [2.45, 2.75) is 39.5 Å². The highest BCUT2D eigenvalue weighted by Gasteiger charge is 2.23. The Balaban J connectivity index is 1.52. The van der Waals surface area contributed by atoms with E-state index in [1.54, 1.807) is 11.3 Å². The normalized spacial score (nSPS) is 12.0. The smallest absolute Gasteiger partial charge is 0.147 e. The Labute approximate surface area is 243 Å². The predicted octanol–water partition coefficient (Wildman–Crippen LogP) is 11.1. The Bertz CT molecular complexity index is 2040. The van der Waals surface area contributed by atoms with Crippen LogP contribution in [0.3, 0.4) is 0 Å². The summed E-state index contributed by atoms with van der Waals surface area (Å²) in [5.41, 5.74) is 9.25. The molecule has 7 aromatic rings. The highest BCUT2D eigenvalue weighted by molar-refractivity contribution is 7.26. The van der Waals surface area contributed by atoms with Crippen LogP contribution in [0.4, 0.5) is 4.39 Å². The number of hydrogen-bond acceptors (Lipinski definition) is 2. The number of imidazole rings is 1. The van der Waals surface area contributed by atoms with Gasteiger partial charge in [-0.15, -0.1) is 11.3 Å². The fourth-order valence-electron chi connectivity index (χ4n) is 6.00. The molecule has 0 aliphatic heterocycles. The van der Waals surface area contributed by atoms with E-state index in [4.69, 9.17) is 4.98 Å². The molecule has 0 spiro atoms. The zero-order valence-corrected chi connectivity index (χ0v) is 24.5. The molecule has 0 saturated carbocycles. The van der Waals surface area contributed by atoms with Crippen LogP contribution in [0.1, 0.15) is 50.7 Å². The first-order valence-corrected chi connectivity index (χ1v) is 15.0. The zero-order valence-electron chi connectivity index (χ0n) is 23.7. The Morgan fingerprint density at radius 2 is 1.37 bits per heavy atom. The van der Waals surface area contributed by atoms with E-state index in [0.717, 1.165) is 33.5 Å². The third kappa shape index (κ3) is 4.25. The molecule has 202 valence electrons. The minimum atomic E-state index is -0.219. The summed E-state index contributed by atoms with van der Waals surface area (Å²) in [7, 11) is 0. The van der Waals surface area contributed by atoms with Crippen LogP contribution in [0.2, 0.25) is 0 Å². The fourth-order valence-corrected chi connectivity index (χ4v) is 7.25. The van der Waals surface area contributed by atoms with Crippen LogP contribution >= 0.6 is 11.3 Å². The van der Waals surface area contributed by atoms with Gasteiger partial charge in [0.05, 0.1) is 16.7 Å². The van der Waals surface area contributed by atoms with E-state index in [-0.39, 0.29) is 5.82 Å². The molecule has 0 unspecified atom stereocenters. The van der Waals surface area contributed by atoms with E-state index in [1.165, 1.54) is 49.1 Å². The monoisotopic (exact) mass is 554 g/mol. The van der Waals surface area contributed by atoms with Gasteiger partial charge in [0.1, 0.15) is 11.6 Å². The molecule has 0 fully saturated rings. The van der Waals surface area contributed by atoms with Gasteiger partial charge in [-0.1, -0.05) is 94.4 Å². The molecule has 41 heavy (non-hydrogen) atoms. The first-order valence-electron chi connectivity index (χ1n) is 14.2. The van der Waals surface area contributed by atoms with Gasteiger partial charge in [-0.2, -0.15) is 0 Å². The molecule has 5 aromatic carbocycles. The predicted molar refractivity (Wildman–Crippen MR) is 173 cm³/mol. The van der Waals surface area contributed by atoms with E-state index in [9.17, 15) is 4.39 Å². The van der Waals surface area contributed by atoms with Gasteiger partial charge in [-0.25, -0.2) is 9.37 Å². The van der Waals surface area contributed by atoms with Crippen molar-refractivity contribution in [1.29, 1.82) is 0 Å². The van der Waals surface area contributed by atoms with Crippen molar-refractivity contribution in [3.63, 3.8) is 0 Å². The van der Waals surface area contributed by atoms with Crippen LogP contribution in [0, 0.1) is 5.82 Å². The average molecular weight is 555 g/mol. The molecule has 0 saturated heterocycles. The Hall–Kier alpha value is -4.28. The van der Waals surface area contributed by atoms with Gasteiger partial charge in [0.2, 0.25) is 0 Å². The van der Waals surface area contributed by atoms with E-state index >= 15 is 0 Å². The summed E-state index contributed by atoms with van der Waals surface area (Å²) in [4.78, 5) is 5.29. The number of halogens is 1. The minimum Gasteiger partial charge on any atom is -0.292 e. The molecule has 0 aliphatic carbocycles. The maximum absolute atomic E-state index is 13.6. The molecule has 0 atom stereocenters. The summed E-state index contributed by atoms with van der Waals surface area (Å²) in [6.07, 6.45) is 0. The lowest BCUT2D eigenvalue weighted by atomic mass is 9.92. The van der Waals surface area contributed by atoms with Crippen LogP contribution in [0.15, 0.2) is 103 Å². The molecule has 0 radical (unpaired) electrons. The van der Waals surface area contributed by atoms with Crippen LogP contribution in [0.5, 0.6) is 0 Å². The minimum absolute atomic E-state index is 0.219. The zero-order chi connectivity index (χ0) is 28.2. The number of rotatable bonds is 5. The van der Waals surface area contributed by atoms with Crippen LogP contribution < -0.4 is 0 Å². The highest BCUT2D eigenvalue weighted by atomic mass is 32.1. The van der Waals surface area contributed by atoms with Crippen molar-refractivity contribution in [1.82, 2.24) is 9.55 Å². The Kier molecular flexibility index (Phi) is 6.24. The number of benzene rings is 5. The molecule has 2 aromatic heterocycles. The lowest BCUT2D eigenvalue weighted by Crippen LogP contribution is -2.08. The first kappa shape index (κ1) is 25.7. The maximum atomic E-state index is 13.6. The van der Waals surface area contributed by atoms with Crippen molar-refractivity contribution < 1.29 is 4.39 Å². The quantitative estimate of drug-likeness (QED) is 0.207. The maximum Gasteiger partial charge on any atom is 0.147 e. The van der Waals surface area contributed by atoms with Gasteiger partial charge in [-0.05, 0) is 70.5 Å². The van der Waals surface area contributed by atoms with Crippen molar-refractivity contribution in [3.05, 3.63) is 120 Å². The van der Waals surface area contributed by atoms with E-state index in [2.05, 4.69) is 111 Å². The second-order valence-electron chi connectivity index (χ2n) is 11.4. The number of para-hydroxylation sites is 3. The summed E-state index contributed by atoms with van der Waals surface area (Å²) in [6, 6.07) is 35.1. The van der Waals surface area contributed by atoms with Gasteiger partial charge in [-0.3, -0.25) is 4.57 Å². The van der Waals surface area contributed by atoms with E-state index in [1.807, 2.05) is 12.1 Å². The number of fused-ring (bicyclic) bond motifs is 4. The number of thiophene rings is 1. The van der Waals surface area contributed by atoms with Crippen molar-refractivity contribution in [2.24, 2.45) is 0 Å². The lowest BCUT2D eigenvalue weighted by Gasteiger charge is -2.22. The summed E-state index contributed by atoms with van der Waals surface area (Å²) >= 11 is 1.80. The molecule has 0 amide bonds. The second kappa shape index (κ2) is 9.97. The fraction of sp³-hybridized carbons (Fsp3) is 0.162. The van der Waals surface area contributed by atoms with Crippen LogP contribution in [-0.2, 0) is 0 Å². The standard InChI is InChI=1S/C37H31FN2S/c1-22(2)27-9-7-10-28(23(3)4)35(27)40-33-14-6-5-13-32(33)39-37(40)31-12-8-11-30-29-20-17-25(21-34(29)41-36(30)31)24-15-18-26(38)19-16-24/h5-23H,1-4H3. The number of aromatic nitrogens is 2. The summed E-state index contributed by atoms with van der Waals surface area (Å²) in [5.74, 6) is 1.48. The molecule has 2 heterocycles. The largest absolute Gasteiger partial charge is 0.292 e.